The molecule has 0 aliphatic rings. The van der Waals surface area contributed by atoms with Crippen molar-refractivity contribution in [3.8, 4) is 0 Å². The lowest BCUT2D eigenvalue weighted by molar-refractivity contribution is -0.136. The SMILES string of the molecule is O=C(O)Cc1ccc(NC(=O)c2cc(Cl)nnc2Cl)cn1. The van der Waals surface area contributed by atoms with E-state index in [1.54, 1.807) is 0 Å². The molecule has 0 saturated carbocycles. The van der Waals surface area contributed by atoms with E-state index in [2.05, 4.69) is 20.5 Å². The van der Waals surface area contributed by atoms with E-state index >= 15 is 0 Å². The number of nitrogens with zero attached hydrogens (tertiary/aromatic N) is 3. The molecule has 0 bridgehead atoms. The van der Waals surface area contributed by atoms with Crippen LogP contribution in [0.5, 0.6) is 0 Å². The molecule has 0 aromatic carbocycles. The van der Waals surface area contributed by atoms with Gasteiger partial charge in [-0.25, -0.2) is 0 Å². The van der Waals surface area contributed by atoms with Gasteiger partial charge in [-0.3, -0.25) is 14.6 Å². The van der Waals surface area contributed by atoms with Crippen LogP contribution in [0, 0.1) is 0 Å². The van der Waals surface area contributed by atoms with Gasteiger partial charge in [-0.2, -0.15) is 0 Å². The molecule has 21 heavy (non-hydrogen) atoms. The number of hydrogen-bond donors (Lipinski definition) is 2. The molecule has 0 aliphatic carbocycles. The van der Waals surface area contributed by atoms with Crippen LogP contribution in [0.2, 0.25) is 10.3 Å². The Morgan fingerprint density at radius 2 is 2.00 bits per heavy atom. The van der Waals surface area contributed by atoms with Crippen molar-refractivity contribution in [2.75, 3.05) is 5.32 Å². The quantitative estimate of drug-likeness (QED) is 0.890. The van der Waals surface area contributed by atoms with Gasteiger partial charge in [-0.05, 0) is 18.2 Å². The predicted octanol–water partition coefficient (Wildman–Crippen LogP) is 2.06. The second-order valence-corrected chi connectivity index (χ2v) is 4.68. The van der Waals surface area contributed by atoms with E-state index in [-0.39, 0.29) is 22.3 Å². The number of hydrogen-bond acceptors (Lipinski definition) is 5. The largest absolute Gasteiger partial charge is 0.481 e. The molecule has 0 saturated heterocycles. The fourth-order valence-corrected chi connectivity index (χ4v) is 1.79. The van der Waals surface area contributed by atoms with Crippen molar-refractivity contribution in [1.29, 1.82) is 0 Å². The highest BCUT2D eigenvalue weighted by Crippen LogP contribution is 2.17. The summed E-state index contributed by atoms with van der Waals surface area (Å²) in [4.78, 5) is 26.5. The van der Waals surface area contributed by atoms with Gasteiger partial charge in [-0.15, -0.1) is 10.2 Å². The molecule has 0 unspecified atom stereocenters. The van der Waals surface area contributed by atoms with Crippen molar-refractivity contribution in [3.63, 3.8) is 0 Å². The molecule has 0 spiro atoms. The minimum Gasteiger partial charge on any atom is -0.481 e. The fraction of sp³-hybridized carbons (Fsp3) is 0.0833. The average Bonchev–Trinajstić information content (AvgIpc) is 2.43. The summed E-state index contributed by atoms with van der Waals surface area (Å²) in [6.45, 7) is 0. The molecule has 2 aromatic heterocycles. The molecular formula is C12H8Cl2N4O3. The van der Waals surface area contributed by atoms with Crippen molar-refractivity contribution in [3.05, 3.63) is 46.0 Å². The van der Waals surface area contributed by atoms with E-state index in [0.29, 0.717) is 11.4 Å². The lowest BCUT2D eigenvalue weighted by Gasteiger charge is -2.06. The monoisotopic (exact) mass is 326 g/mol. The number of anilines is 1. The molecule has 108 valence electrons. The highest BCUT2D eigenvalue weighted by atomic mass is 35.5. The summed E-state index contributed by atoms with van der Waals surface area (Å²) in [5, 5.41) is 18.2. The van der Waals surface area contributed by atoms with Gasteiger partial charge in [0.05, 0.1) is 29.6 Å². The second-order valence-electron chi connectivity index (χ2n) is 3.93. The van der Waals surface area contributed by atoms with E-state index < -0.39 is 11.9 Å². The Bertz CT molecular complexity index is 691. The summed E-state index contributed by atoms with van der Waals surface area (Å²) in [5.41, 5.74) is 0.844. The summed E-state index contributed by atoms with van der Waals surface area (Å²) in [6.07, 6.45) is 1.16. The zero-order valence-corrected chi connectivity index (χ0v) is 11.9. The Kier molecular flexibility index (Phi) is 4.66. The Morgan fingerprint density at radius 3 is 2.62 bits per heavy atom. The Balaban J connectivity index is 2.12. The Morgan fingerprint density at radius 1 is 1.24 bits per heavy atom. The number of pyridine rings is 1. The van der Waals surface area contributed by atoms with Crippen LogP contribution in [0.15, 0.2) is 24.4 Å². The van der Waals surface area contributed by atoms with Gasteiger partial charge in [0.15, 0.2) is 10.3 Å². The topological polar surface area (TPSA) is 105 Å². The average molecular weight is 327 g/mol. The number of nitrogens with one attached hydrogen (secondary N) is 1. The van der Waals surface area contributed by atoms with E-state index in [0.717, 1.165) is 0 Å². The van der Waals surface area contributed by atoms with Crippen LogP contribution in [0.3, 0.4) is 0 Å². The highest BCUT2D eigenvalue weighted by Gasteiger charge is 2.13. The minimum atomic E-state index is -0.983. The summed E-state index contributed by atoms with van der Waals surface area (Å²) >= 11 is 11.4. The lowest BCUT2D eigenvalue weighted by Crippen LogP contribution is -2.14. The molecule has 0 atom stereocenters. The molecular weight excluding hydrogens is 319 g/mol. The Hall–Kier alpha value is -2.25. The van der Waals surface area contributed by atoms with Gasteiger partial charge >= 0.3 is 5.97 Å². The van der Waals surface area contributed by atoms with Crippen molar-refractivity contribution >= 4 is 40.8 Å². The zero-order valence-electron chi connectivity index (χ0n) is 10.4. The third-order valence-electron chi connectivity index (χ3n) is 2.38. The molecule has 7 nitrogen and oxygen atoms in total. The molecule has 9 heteroatoms. The van der Waals surface area contributed by atoms with Crippen molar-refractivity contribution < 1.29 is 14.7 Å². The molecule has 1 amide bonds. The van der Waals surface area contributed by atoms with E-state index in [9.17, 15) is 9.59 Å². The molecule has 0 fully saturated rings. The van der Waals surface area contributed by atoms with Gasteiger partial charge in [0.1, 0.15) is 0 Å². The fourth-order valence-electron chi connectivity index (χ4n) is 1.47. The molecule has 2 heterocycles. The first-order valence-corrected chi connectivity index (χ1v) is 6.38. The van der Waals surface area contributed by atoms with Gasteiger partial charge < -0.3 is 10.4 Å². The van der Waals surface area contributed by atoms with Crippen LogP contribution < -0.4 is 5.32 Å². The first-order chi connectivity index (χ1) is 9.95. The molecule has 2 N–H and O–H groups in total. The van der Waals surface area contributed by atoms with Crippen LogP contribution >= 0.6 is 23.2 Å². The van der Waals surface area contributed by atoms with Crippen molar-refractivity contribution in [1.82, 2.24) is 15.2 Å². The molecule has 0 radical (unpaired) electrons. The summed E-state index contributed by atoms with van der Waals surface area (Å²) in [7, 11) is 0. The first-order valence-electron chi connectivity index (χ1n) is 5.62. The third kappa shape index (κ3) is 4.11. The number of amides is 1. The summed E-state index contributed by atoms with van der Waals surface area (Å²) in [6, 6.07) is 4.33. The van der Waals surface area contributed by atoms with E-state index in [1.165, 1.54) is 24.4 Å². The Labute approximate surface area is 128 Å². The van der Waals surface area contributed by atoms with Crippen LogP contribution in [0.1, 0.15) is 16.1 Å². The maximum atomic E-state index is 12.0. The number of carbonyl (C=O) groups excluding carboxylic acids is 1. The number of aliphatic carboxylic acids is 1. The maximum Gasteiger partial charge on any atom is 0.309 e. The van der Waals surface area contributed by atoms with Crippen molar-refractivity contribution in [2.45, 2.75) is 6.42 Å². The summed E-state index contributed by atoms with van der Waals surface area (Å²) in [5.74, 6) is -1.51. The van der Waals surface area contributed by atoms with Crippen LogP contribution in [-0.4, -0.2) is 32.2 Å². The van der Waals surface area contributed by atoms with Gasteiger partial charge in [0.25, 0.3) is 5.91 Å². The lowest BCUT2D eigenvalue weighted by atomic mass is 10.2. The van der Waals surface area contributed by atoms with Gasteiger partial charge in [0.2, 0.25) is 0 Å². The van der Waals surface area contributed by atoms with Crippen LogP contribution in [0.25, 0.3) is 0 Å². The van der Waals surface area contributed by atoms with E-state index in [4.69, 9.17) is 28.3 Å². The van der Waals surface area contributed by atoms with E-state index in [1.807, 2.05) is 0 Å². The number of halogens is 2. The maximum absolute atomic E-state index is 12.0. The second kappa shape index (κ2) is 6.47. The van der Waals surface area contributed by atoms with Gasteiger partial charge in [-0.1, -0.05) is 23.2 Å². The normalized spacial score (nSPS) is 10.2. The predicted molar refractivity (Wildman–Crippen MR) is 75.6 cm³/mol. The van der Waals surface area contributed by atoms with Crippen LogP contribution in [-0.2, 0) is 11.2 Å². The zero-order chi connectivity index (χ0) is 15.4. The number of carboxylic acid groups (broad SMARTS) is 1. The molecule has 2 rings (SSSR count). The highest BCUT2D eigenvalue weighted by molar-refractivity contribution is 6.34. The first kappa shape index (κ1) is 15.1. The van der Waals surface area contributed by atoms with Crippen LogP contribution in [0.4, 0.5) is 5.69 Å². The smallest absolute Gasteiger partial charge is 0.309 e. The number of carbonyl (C=O) groups is 2. The van der Waals surface area contributed by atoms with Gasteiger partial charge in [0, 0.05) is 0 Å². The molecule has 2 aromatic rings. The number of carboxylic acids is 1. The van der Waals surface area contributed by atoms with Crippen molar-refractivity contribution in [2.24, 2.45) is 0 Å². The summed E-state index contributed by atoms with van der Waals surface area (Å²) < 4.78 is 0. The minimum absolute atomic E-state index is 0.0412. The third-order valence-corrected chi connectivity index (χ3v) is 2.84. The number of rotatable bonds is 4. The number of aromatic nitrogens is 3. The molecule has 0 aliphatic heterocycles. The standard InChI is InChI=1S/C12H8Cl2N4O3/c13-9-4-8(11(14)18-17-9)12(21)16-7-2-1-6(15-5-7)3-10(19)20/h1-2,4-5H,3H2,(H,16,21)(H,19,20).